The van der Waals surface area contributed by atoms with E-state index in [2.05, 4.69) is 15.0 Å². The molecule has 0 atom stereocenters. The van der Waals surface area contributed by atoms with Gasteiger partial charge in [0.05, 0.1) is 0 Å². The number of hydrogen-bond donors (Lipinski definition) is 0. The number of para-hydroxylation sites is 1. The van der Waals surface area contributed by atoms with Crippen LogP contribution in [0.1, 0.15) is 5.69 Å². The molecule has 2 heterocycles. The van der Waals surface area contributed by atoms with Crippen LogP contribution in [0.15, 0.2) is 42.6 Å². The highest BCUT2D eigenvalue weighted by atomic mass is 35.5. The molecule has 2 aromatic heterocycles. The zero-order chi connectivity index (χ0) is 13.2. The van der Waals surface area contributed by atoms with E-state index < -0.39 is 0 Å². The molecule has 0 bridgehead atoms. The molecule has 0 aliphatic rings. The zero-order valence-corrected chi connectivity index (χ0v) is 10.9. The fraction of sp³-hybridized carbons (Fsp3) is 0.0714. The van der Waals surface area contributed by atoms with Crippen molar-refractivity contribution in [3.8, 4) is 11.6 Å². The van der Waals surface area contributed by atoms with Crippen molar-refractivity contribution in [1.82, 2.24) is 15.0 Å². The van der Waals surface area contributed by atoms with Gasteiger partial charge in [-0.1, -0.05) is 18.2 Å². The number of nitrogens with zero attached hydrogens (tertiary/aromatic N) is 3. The molecule has 19 heavy (non-hydrogen) atoms. The molecule has 0 aliphatic heterocycles. The van der Waals surface area contributed by atoms with Crippen molar-refractivity contribution in [2.45, 2.75) is 6.92 Å². The predicted octanol–water partition coefficient (Wildman–Crippen LogP) is 3.78. The van der Waals surface area contributed by atoms with Gasteiger partial charge in [-0.25, -0.2) is 9.97 Å². The van der Waals surface area contributed by atoms with E-state index in [1.807, 2.05) is 37.3 Å². The second-order valence-corrected chi connectivity index (χ2v) is 4.38. The number of rotatable bonds is 2. The van der Waals surface area contributed by atoms with Crippen molar-refractivity contribution in [1.29, 1.82) is 0 Å². The predicted molar refractivity (Wildman–Crippen MR) is 73.6 cm³/mol. The van der Waals surface area contributed by atoms with Gasteiger partial charge in [0.25, 0.3) is 0 Å². The van der Waals surface area contributed by atoms with E-state index in [0.29, 0.717) is 11.6 Å². The monoisotopic (exact) mass is 271 g/mol. The molecule has 0 spiro atoms. The van der Waals surface area contributed by atoms with Gasteiger partial charge < -0.3 is 4.74 Å². The van der Waals surface area contributed by atoms with Crippen molar-refractivity contribution < 1.29 is 4.74 Å². The Balaban J connectivity index is 2.07. The van der Waals surface area contributed by atoms with Gasteiger partial charge in [0.15, 0.2) is 5.75 Å². The third kappa shape index (κ3) is 2.48. The van der Waals surface area contributed by atoms with E-state index in [1.165, 1.54) is 0 Å². The highest BCUT2D eigenvalue weighted by Crippen LogP contribution is 2.27. The summed E-state index contributed by atoms with van der Waals surface area (Å²) in [6.07, 6.45) is 1.55. The maximum Gasteiger partial charge on any atom is 0.225 e. The number of halogens is 1. The molecule has 3 aromatic rings. The molecule has 0 unspecified atom stereocenters. The highest BCUT2D eigenvalue weighted by molar-refractivity contribution is 6.28. The van der Waals surface area contributed by atoms with Gasteiger partial charge in [0.1, 0.15) is 5.52 Å². The third-order valence-electron chi connectivity index (χ3n) is 2.64. The first kappa shape index (κ1) is 11.9. The Kier molecular flexibility index (Phi) is 3.01. The highest BCUT2D eigenvalue weighted by Gasteiger charge is 2.06. The molecule has 0 amide bonds. The molecule has 4 nitrogen and oxygen atoms in total. The summed E-state index contributed by atoms with van der Waals surface area (Å²) in [7, 11) is 0. The summed E-state index contributed by atoms with van der Waals surface area (Å²) in [4.78, 5) is 12.3. The van der Waals surface area contributed by atoms with E-state index in [-0.39, 0.29) is 5.28 Å². The smallest absolute Gasteiger partial charge is 0.225 e. The van der Waals surface area contributed by atoms with Crippen LogP contribution in [0.3, 0.4) is 0 Å². The van der Waals surface area contributed by atoms with Crippen molar-refractivity contribution in [2.75, 3.05) is 0 Å². The van der Waals surface area contributed by atoms with E-state index >= 15 is 0 Å². The Morgan fingerprint density at radius 2 is 1.95 bits per heavy atom. The second kappa shape index (κ2) is 4.82. The van der Waals surface area contributed by atoms with Crippen LogP contribution in [-0.4, -0.2) is 15.0 Å². The standard InChI is InChI=1S/C14H10ClN3O/c1-9-5-6-10-3-2-4-11(13(10)17-9)19-12-7-8-16-14(15)18-12/h2-8H,1H3. The van der Waals surface area contributed by atoms with Gasteiger partial charge in [-0.15, -0.1) is 0 Å². The lowest BCUT2D eigenvalue weighted by atomic mass is 10.2. The minimum atomic E-state index is 0.155. The maximum absolute atomic E-state index is 5.74. The second-order valence-electron chi connectivity index (χ2n) is 4.05. The topological polar surface area (TPSA) is 47.9 Å². The van der Waals surface area contributed by atoms with Gasteiger partial charge in [-0.3, -0.25) is 0 Å². The molecule has 0 saturated carbocycles. The molecule has 1 aromatic carbocycles. The summed E-state index contributed by atoms with van der Waals surface area (Å²) in [5.41, 5.74) is 1.74. The van der Waals surface area contributed by atoms with Gasteiger partial charge >= 0.3 is 0 Å². The number of aryl methyl sites for hydroxylation is 1. The Hall–Kier alpha value is -2.20. The quantitative estimate of drug-likeness (QED) is 0.666. The summed E-state index contributed by atoms with van der Waals surface area (Å²) < 4.78 is 5.73. The number of pyridine rings is 1. The summed E-state index contributed by atoms with van der Waals surface area (Å²) in [5.74, 6) is 1.05. The van der Waals surface area contributed by atoms with E-state index in [4.69, 9.17) is 16.3 Å². The SMILES string of the molecule is Cc1ccc2cccc(Oc3ccnc(Cl)n3)c2n1. The Bertz CT molecular complexity index is 746. The zero-order valence-electron chi connectivity index (χ0n) is 10.2. The average Bonchev–Trinajstić information content (AvgIpc) is 2.39. The summed E-state index contributed by atoms with van der Waals surface area (Å²) in [6.45, 7) is 1.94. The first-order chi connectivity index (χ1) is 9.22. The minimum absolute atomic E-state index is 0.155. The molecular weight excluding hydrogens is 262 g/mol. The normalized spacial score (nSPS) is 10.6. The number of hydrogen-bond acceptors (Lipinski definition) is 4. The maximum atomic E-state index is 5.74. The summed E-state index contributed by atoms with van der Waals surface area (Å²) >= 11 is 5.74. The Labute approximate surface area is 115 Å². The molecule has 0 radical (unpaired) electrons. The molecule has 0 fully saturated rings. The van der Waals surface area contributed by atoms with Crippen LogP contribution in [0.5, 0.6) is 11.6 Å². The Morgan fingerprint density at radius 3 is 2.79 bits per heavy atom. The van der Waals surface area contributed by atoms with Gasteiger partial charge in [-0.2, -0.15) is 4.98 Å². The fourth-order valence-corrected chi connectivity index (χ4v) is 1.93. The van der Waals surface area contributed by atoms with Crippen LogP contribution < -0.4 is 4.74 Å². The van der Waals surface area contributed by atoms with E-state index in [0.717, 1.165) is 16.6 Å². The number of benzene rings is 1. The largest absolute Gasteiger partial charge is 0.437 e. The van der Waals surface area contributed by atoms with Crippen molar-refractivity contribution in [2.24, 2.45) is 0 Å². The lowest BCUT2D eigenvalue weighted by Crippen LogP contribution is -1.92. The average molecular weight is 272 g/mol. The van der Waals surface area contributed by atoms with Crippen molar-refractivity contribution in [3.05, 3.63) is 53.6 Å². The van der Waals surface area contributed by atoms with Crippen LogP contribution in [0.4, 0.5) is 0 Å². The van der Waals surface area contributed by atoms with Gasteiger partial charge in [0, 0.05) is 23.3 Å². The van der Waals surface area contributed by atoms with Crippen LogP contribution >= 0.6 is 11.6 Å². The van der Waals surface area contributed by atoms with E-state index in [9.17, 15) is 0 Å². The lowest BCUT2D eigenvalue weighted by Gasteiger charge is -2.07. The van der Waals surface area contributed by atoms with Gasteiger partial charge in [0.2, 0.25) is 11.2 Å². The lowest BCUT2D eigenvalue weighted by molar-refractivity contribution is 0.465. The van der Waals surface area contributed by atoms with Crippen LogP contribution in [0, 0.1) is 6.92 Å². The molecule has 0 N–H and O–H groups in total. The first-order valence-corrected chi connectivity index (χ1v) is 6.13. The molecule has 0 saturated heterocycles. The minimum Gasteiger partial charge on any atom is -0.437 e. The molecule has 3 rings (SSSR count). The molecule has 5 heteroatoms. The van der Waals surface area contributed by atoms with Crippen molar-refractivity contribution in [3.63, 3.8) is 0 Å². The molecular formula is C14H10ClN3O. The number of ether oxygens (including phenoxy) is 1. The van der Waals surface area contributed by atoms with Crippen LogP contribution in [0.2, 0.25) is 5.28 Å². The van der Waals surface area contributed by atoms with Gasteiger partial charge in [-0.05, 0) is 30.7 Å². The molecule has 0 aliphatic carbocycles. The summed E-state index contributed by atoms with van der Waals surface area (Å²) in [5, 5.41) is 1.17. The Morgan fingerprint density at radius 1 is 1.05 bits per heavy atom. The van der Waals surface area contributed by atoms with E-state index in [1.54, 1.807) is 12.3 Å². The van der Waals surface area contributed by atoms with Crippen molar-refractivity contribution >= 4 is 22.5 Å². The third-order valence-corrected chi connectivity index (χ3v) is 2.82. The molecule has 94 valence electrons. The van der Waals surface area contributed by atoms with Crippen LogP contribution in [-0.2, 0) is 0 Å². The summed E-state index contributed by atoms with van der Waals surface area (Å²) in [6, 6.07) is 11.4. The number of fused-ring (bicyclic) bond motifs is 1. The first-order valence-electron chi connectivity index (χ1n) is 5.75. The fourth-order valence-electron chi connectivity index (χ4n) is 1.79. The number of aromatic nitrogens is 3. The van der Waals surface area contributed by atoms with Crippen LogP contribution in [0.25, 0.3) is 10.9 Å².